The van der Waals surface area contributed by atoms with Crippen LogP contribution in [0, 0.1) is 0 Å². The minimum atomic E-state index is -0.191. The summed E-state index contributed by atoms with van der Waals surface area (Å²) in [6.45, 7) is 4.80. The molecule has 0 unspecified atom stereocenters. The number of hydrogen-bond acceptors (Lipinski definition) is 1. The zero-order valence-electron chi connectivity index (χ0n) is 29.2. The monoisotopic (exact) mass is 661 g/mol. The Morgan fingerprint density at radius 3 is 1.56 bits per heavy atom. The van der Waals surface area contributed by atoms with Gasteiger partial charge in [0.1, 0.15) is 0 Å². The van der Waals surface area contributed by atoms with E-state index in [1.54, 1.807) is 0 Å². The number of benzene rings is 10. The minimum Gasteiger partial charge on any atom is -0.309 e. The van der Waals surface area contributed by atoms with Crippen LogP contribution in [0.1, 0.15) is 25.0 Å². The summed E-state index contributed by atoms with van der Waals surface area (Å²) in [5.41, 5.74) is 11.3. The topological polar surface area (TPSA) is 3.24 Å². The summed E-state index contributed by atoms with van der Waals surface area (Å²) in [4.78, 5) is 2.47. The van der Waals surface area contributed by atoms with E-state index in [1.807, 2.05) is 0 Å². The first-order valence-electron chi connectivity index (χ1n) is 18.3. The zero-order valence-corrected chi connectivity index (χ0v) is 29.2. The van der Waals surface area contributed by atoms with E-state index < -0.39 is 0 Å². The minimum absolute atomic E-state index is 0.191. The van der Waals surface area contributed by atoms with E-state index in [9.17, 15) is 0 Å². The Labute approximate surface area is 303 Å². The first-order chi connectivity index (χ1) is 25.5. The second kappa shape index (κ2) is 10.8. The Morgan fingerprint density at radius 1 is 0.365 bits per heavy atom. The lowest BCUT2D eigenvalue weighted by molar-refractivity contribution is 0.660. The molecule has 0 bridgehead atoms. The van der Waals surface area contributed by atoms with Crippen LogP contribution in [0.25, 0.3) is 76.1 Å². The Bertz CT molecular complexity index is 2950. The zero-order chi connectivity index (χ0) is 34.6. The summed E-state index contributed by atoms with van der Waals surface area (Å²) >= 11 is 0. The third kappa shape index (κ3) is 4.11. The van der Waals surface area contributed by atoms with Crippen molar-refractivity contribution >= 4 is 70.9 Å². The molecule has 0 radical (unpaired) electrons. The summed E-state index contributed by atoms with van der Waals surface area (Å²) in [5, 5.41) is 12.9. The van der Waals surface area contributed by atoms with Crippen LogP contribution in [0.4, 0.5) is 17.1 Å². The highest BCUT2D eigenvalue weighted by atomic mass is 15.1. The molecule has 0 aromatic heterocycles. The van der Waals surface area contributed by atoms with Crippen LogP contribution < -0.4 is 4.90 Å². The van der Waals surface area contributed by atoms with Crippen molar-refractivity contribution in [1.29, 1.82) is 0 Å². The molecule has 0 spiro atoms. The molecule has 10 aromatic rings. The Morgan fingerprint density at radius 2 is 0.865 bits per heavy atom. The van der Waals surface area contributed by atoms with Gasteiger partial charge in [-0.1, -0.05) is 159 Å². The highest BCUT2D eigenvalue weighted by Crippen LogP contribution is 2.53. The second-order valence-electron chi connectivity index (χ2n) is 14.9. The summed E-state index contributed by atoms with van der Waals surface area (Å²) in [7, 11) is 0. The molecule has 11 rings (SSSR count). The fourth-order valence-corrected chi connectivity index (χ4v) is 9.23. The van der Waals surface area contributed by atoms with Crippen LogP contribution in [0.5, 0.6) is 0 Å². The molecule has 0 atom stereocenters. The van der Waals surface area contributed by atoms with Crippen molar-refractivity contribution in [3.05, 3.63) is 187 Å². The van der Waals surface area contributed by atoms with Gasteiger partial charge >= 0.3 is 0 Å². The maximum Gasteiger partial charge on any atom is 0.0540 e. The summed E-state index contributed by atoms with van der Waals surface area (Å²) < 4.78 is 0. The van der Waals surface area contributed by atoms with Gasteiger partial charge in [-0.3, -0.25) is 0 Å². The van der Waals surface area contributed by atoms with Gasteiger partial charge < -0.3 is 4.90 Å². The van der Waals surface area contributed by atoms with Crippen molar-refractivity contribution in [3.8, 4) is 22.3 Å². The first-order valence-corrected chi connectivity index (χ1v) is 18.3. The SMILES string of the molecule is CC1(C)c2cc(-c3ccc4ccc5cccc6ccc3c4c56)ccc2-c2ccc(N(c3cccc4ccccc34)c3cccc4ccccc34)cc21. The lowest BCUT2D eigenvalue weighted by Crippen LogP contribution is -2.17. The van der Waals surface area contributed by atoms with Crippen molar-refractivity contribution in [2.45, 2.75) is 19.3 Å². The van der Waals surface area contributed by atoms with Crippen LogP contribution in [0.2, 0.25) is 0 Å². The number of fused-ring (bicyclic) bond motifs is 5. The van der Waals surface area contributed by atoms with Gasteiger partial charge in [0, 0.05) is 21.9 Å². The van der Waals surface area contributed by atoms with Gasteiger partial charge in [-0.25, -0.2) is 0 Å². The van der Waals surface area contributed by atoms with Gasteiger partial charge in [-0.15, -0.1) is 0 Å². The maximum absolute atomic E-state index is 2.47. The lowest BCUT2D eigenvalue weighted by Gasteiger charge is -2.30. The molecule has 244 valence electrons. The van der Waals surface area contributed by atoms with Crippen molar-refractivity contribution in [3.63, 3.8) is 0 Å². The molecular formula is C51H35N. The molecule has 0 amide bonds. The van der Waals surface area contributed by atoms with Gasteiger partial charge in [-0.2, -0.15) is 0 Å². The first kappa shape index (κ1) is 29.3. The van der Waals surface area contributed by atoms with Crippen LogP contribution in [-0.4, -0.2) is 0 Å². The largest absolute Gasteiger partial charge is 0.309 e. The molecule has 0 saturated heterocycles. The number of anilines is 3. The van der Waals surface area contributed by atoms with E-state index in [2.05, 4.69) is 195 Å². The summed E-state index contributed by atoms with van der Waals surface area (Å²) in [6.07, 6.45) is 0. The van der Waals surface area contributed by atoms with Gasteiger partial charge in [0.25, 0.3) is 0 Å². The molecule has 0 N–H and O–H groups in total. The number of rotatable bonds is 4. The highest BCUT2D eigenvalue weighted by Gasteiger charge is 2.36. The molecule has 1 aliphatic rings. The van der Waals surface area contributed by atoms with E-state index in [0.29, 0.717) is 0 Å². The molecule has 0 fully saturated rings. The van der Waals surface area contributed by atoms with Crippen molar-refractivity contribution in [2.75, 3.05) is 4.90 Å². The molecule has 10 aromatic carbocycles. The molecule has 0 saturated carbocycles. The number of nitrogens with zero attached hydrogens (tertiary/aromatic N) is 1. The highest BCUT2D eigenvalue weighted by molar-refractivity contribution is 6.25. The van der Waals surface area contributed by atoms with Crippen LogP contribution in [0.3, 0.4) is 0 Å². The molecule has 1 nitrogen and oxygen atoms in total. The van der Waals surface area contributed by atoms with Gasteiger partial charge in [-0.05, 0) is 107 Å². The van der Waals surface area contributed by atoms with Crippen molar-refractivity contribution in [2.24, 2.45) is 0 Å². The normalized spacial score (nSPS) is 13.3. The molecule has 0 heterocycles. The van der Waals surface area contributed by atoms with Crippen LogP contribution in [0.15, 0.2) is 176 Å². The van der Waals surface area contributed by atoms with Crippen molar-refractivity contribution in [1.82, 2.24) is 0 Å². The third-order valence-corrected chi connectivity index (χ3v) is 11.8. The lowest BCUT2D eigenvalue weighted by atomic mass is 9.81. The Kier molecular flexibility index (Phi) is 6.08. The van der Waals surface area contributed by atoms with E-state index in [0.717, 1.165) is 0 Å². The maximum atomic E-state index is 2.47. The average molecular weight is 662 g/mol. The second-order valence-corrected chi connectivity index (χ2v) is 14.9. The Balaban J connectivity index is 1.08. The summed E-state index contributed by atoms with van der Waals surface area (Å²) in [5.74, 6) is 0. The van der Waals surface area contributed by atoms with Crippen molar-refractivity contribution < 1.29 is 0 Å². The van der Waals surface area contributed by atoms with Gasteiger partial charge in [0.15, 0.2) is 0 Å². The fraction of sp³-hybridized carbons (Fsp3) is 0.0588. The molecule has 1 heteroatoms. The van der Waals surface area contributed by atoms with Crippen LogP contribution >= 0.6 is 0 Å². The third-order valence-electron chi connectivity index (χ3n) is 11.8. The van der Waals surface area contributed by atoms with E-state index >= 15 is 0 Å². The molecule has 52 heavy (non-hydrogen) atoms. The van der Waals surface area contributed by atoms with Gasteiger partial charge in [0.05, 0.1) is 11.4 Å². The quantitative estimate of drug-likeness (QED) is 0.170. The fourth-order valence-electron chi connectivity index (χ4n) is 9.23. The van der Waals surface area contributed by atoms with E-state index in [1.165, 1.54) is 104 Å². The molecule has 1 aliphatic carbocycles. The predicted octanol–water partition coefficient (Wildman–Crippen LogP) is 14.3. The average Bonchev–Trinajstić information content (AvgIpc) is 3.42. The van der Waals surface area contributed by atoms with E-state index in [-0.39, 0.29) is 5.41 Å². The molecular weight excluding hydrogens is 627 g/mol. The summed E-state index contributed by atoms with van der Waals surface area (Å²) in [6, 6.07) is 65.5. The molecule has 0 aliphatic heterocycles. The Hall–Kier alpha value is -6.44. The predicted molar refractivity (Wildman–Crippen MR) is 223 cm³/mol. The smallest absolute Gasteiger partial charge is 0.0540 e. The van der Waals surface area contributed by atoms with E-state index in [4.69, 9.17) is 0 Å². The standard InChI is InChI=1S/C51H35N/c1-51(2)45-30-37(39-26-22-36-21-20-34-14-7-15-35-23-28-44(39)50(36)49(34)35)24-27-42(45)43-29-25-38(31-46(43)51)52(47-18-8-12-32-10-3-5-16-40(32)47)48-19-9-13-33-11-4-6-17-41(33)48/h3-31H,1-2H3. The number of hydrogen-bond donors (Lipinski definition) is 0. The van der Waals surface area contributed by atoms with Crippen LogP contribution in [-0.2, 0) is 5.41 Å². The van der Waals surface area contributed by atoms with Gasteiger partial charge in [0.2, 0.25) is 0 Å².